The molecule has 1 aromatic rings. The summed E-state index contributed by atoms with van der Waals surface area (Å²) in [4.78, 5) is 11.9. The van der Waals surface area contributed by atoms with Gasteiger partial charge in [0.25, 0.3) is 15.0 Å². The van der Waals surface area contributed by atoms with Gasteiger partial charge < -0.3 is 9.73 Å². The first-order valence-electron chi connectivity index (χ1n) is 6.63. The lowest BCUT2D eigenvalue weighted by Gasteiger charge is -2.35. The lowest BCUT2D eigenvalue weighted by atomic mass is 9.75. The smallest absolute Gasteiger partial charge is 0.287 e. The van der Waals surface area contributed by atoms with Crippen LogP contribution in [0.2, 0.25) is 0 Å². The van der Waals surface area contributed by atoms with E-state index in [-0.39, 0.29) is 26.8 Å². The quantitative estimate of drug-likeness (QED) is 0.788. The van der Waals surface area contributed by atoms with Crippen LogP contribution in [0.25, 0.3) is 0 Å². The highest BCUT2D eigenvalue weighted by atomic mass is 79.9. The van der Waals surface area contributed by atoms with E-state index in [1.54, 1.807) is 0 Å². The molecule has 1 N–H and O–H groups in total. The topological polar surface area (TPSA) is 76.4 Å². The van der Waals surface area contributed by atoms with Crippen molar-refractivity contribution in [3.8, 4) is 0 Å². The Morgan fingerprint density at radius 2 is 2.19 bits per heavy atom. The average Bonchev–Trinajstić information content (AvgIpc) is 2.69. The second kappa shape index (κ2) is 5.93. The van der Waals surface area contributed by atoms with Crippen molar-refractivity contribution in [2.75, 3.05) is 0 Å². The van der Waals surface area contributed by atoms with E-state index >= 15 is 0 Å². The molecule has 1 aromatic heterocycles. The van der Waals surface area contributed by atoms with Crippen LogP contribution in [0.5, 0.6) is 0 Å². The van der Waals surface area contributed by atoms with Crippen LogP contribution in [-0.4, -0.2) is 20.4 Å². The maximum Gasteiger partial charge on any atom is 0.287 e. The number of nitrogens with one attached hydrogen (secondary N) is 1. The number of rotatable bonds is 3. The first kappa shape index (κ1) is 16.8. The number of hydrogen-bond donors (Lipinski definition) is 1. The molecule has 1 amide bonds. The van der Waals surface area contributed by atoms with Gasteiger partial charge in [-0.1, -0.05) is 20.3 Å². The van der Waals surface area contributed by atoms with Gasteiger partial charge in [0.2, 0.25) is 0 Å². The maximum atomic E-state index is 12.2. The monoisotopic (exact) mass is 397 g/mol. The predicted molar refractivity (Wildman–Crippen MR) is 83.0 cm³/mol. The first-order chi connectivity index (χ1) is 9.58. The van der Waals surface area contributed by atoms with Crippen molar-refractivity contribution in [1.82, 2.24) is 5.32 Å². The molecule has 0 saturated heterocycles. The molecule has 0 bridgehead atoms. The Bertz CT molecular complexity index is 653. The van der Waals surface area contributed by atoms with Gasteiger partial charge in [0, 0.05) is 22.8 Å². The summed E-state index contributed by atoms with van der Waals surface area (Å²) < 4.78 is 27.7. The van der Waals surface area contributed by atoms with E-state index in [4.69, 9.17) is 15.1 Å². The molecule has 0 aliphatic heterocycles. The zero-order valence-corrected chi connectivity index (χ0v) is 14.9. The molecule has 1 saturated carbocycles. The van der Waals surface area contributed by atoms with Gasteiger partial charge in [0.15, 0.2) is 10.4 Å². The van der Waals surface area contributed by atoms with E-state index in [0.717, 1.165) is 31.7 Å². The third-order valence-electron chi connectivity index (χ3n) is 3.68. The van der Waals surface area contributed by atoms with Gasteiger partial charge in [0.1, 0.15) is 4.90 Å². The molecule has 118 valence electrons. The van der Waals surface area contributed by atoms with Crippen molar-refractivity contribution in [2.45, 2.75) is 50.5 Å². The molecule has 5 nitrogen and oxygen atoms in total. The zero-order chi connectivity index (χ0) is 15.8. The van der Waals surface area contributed by atoms with Crippen molar-refractivity contribution in [3.63, 3.8) is 0 Å². The number of furan rings is 1. The molecule has 2 rings (SSSR count). The second-order valence-electron chi connectivity index (χ2n) is 6.12. The summed E-state index contributed by atoms with van der Waals surface area (Å²) in [5.74, 6) is -0.491. The lowest BCUT2D eigenvalue weighted by Crippen LogP contribution is -2.40. The number of amides is 1. The molecule has 0 aromatic carbocycles. The number of hydrogen-bond acceptors (Lipinski definition) is 4. The Morgan fingerprint density at radius 3 is 2.71 bits per heavy atom. The summed E-state index contributed by atoms with van der Waals surface area (Å²) >= 11 is 2.95. The molecule has 1 fully saturated rings. The third kappa shape index (κ3) is 4.23. The van der Waals surface area contributed by atoms with E-state index < -0.39 is 15.0 Å². The molecule has 21 heavy (non-hydrogen) atoms. The summed E-state index contributed by atoms with van der Waals surface area (Å²) in [5.41, 5.74) is 0.199. The Kier molecular flexibility index (Phi) is 4.75. The van der Waals surface area contributed by atoms with E-state index in [0.29, 0.717) is 0 Å². The summed E-state index contributed by atoms with van der Waals surface area (Å²) in [6.45, 7) is 4.35. The van der Waals surface area contributed by atoms with Crippen LogP contribution in [0.3, 0.4) is 0 Å². The normalized spacial score (nSPS) is 22.0. The fourth-order valence-corrected chi connectivity index (χ4v) is 4.74. The molecule has 1 aliphatic carbocycles. The molecule has 0 spiro atoms. The number of carbonyl (C=O) groups excluding carboxylic acids is 1. The highest BCUT2D eigenvalue weighted by Crippen LogP contribution is 2.35. The van der Waals surface area contributed by atoms with Gasteiger partial charge >= 0.3 is 0 Å². The Balaban J connectivity index is 2.11. The summed E-state index contributed by atoms with van der Waals surface area (Å²) in [7, 11) is 1.32. The third-order valence-corrected chi connectivity index (χ3v) is 5.86. The molecule has 8 heteroatoms. The summed E-state index contributed by atoms with van der Waals surface area (Å²) in [6.07, 6.45) is 4.00. The van der Waals surface area contributed by atoms with Gasteiger partial charge in [-0.25, -0.2) is 8.42 Å². The van der Waals surface area contributed by atoms with Gasteiger partial charge in [-0.05, 0) is 40.6 Å². The number of carbonyl (C=O) groups is 1. The van der Waals surface area contributed by atoms with Crippen molar-refractivity contribution >= 4 is 41.6 Å². The number of halogens is 2. The van der Waals surface area contributed by atoms with Gasteiger partial charge in [-0.15, -0.1) is 0 Å². The van der Waals surface area contributed by atoms with Crippen molar-refractivity contribution in [3.05, 3.63) is 16.5 Å². The molecule has 1 heterocycles. The van der Waals surface area contributed by atoms with Crippen LogP contribution in [0.15, 0.2) is 20.0 Å². The second-order valence-corrected chi connectivity index (χ2v) is 9.37. The van der Waals surface area contributed by atoms with Gasteiger partial charge in [-0.3, -0.25) is 4.79 Å². The summed E-state index contributed by atoms with van der Waals surface area (Å²) in [6, 6.07) is 1.21. The van der Waals surface area contributed by atoms with E-state index in [2.05, 4.69) is 35.1 Å². The maximum absolute atomic E-state index is 12.2. The molecule has 1 aliphatic rings. The van der Waals surface area contributed by atoms with Crippen molar-refractivity contribution < 1.29 is 17.6 Å². The highest BCUT2D eigenvalue weighted by Gasteiger charge is 2.30. The first-order valence-corrected chi connectivity index (χ1v) is 9.74. The van der Waals surface area contributed by atoms with Crippen LogP contribution < -0.4 is 5.32 Å². The average molecular weight is 399 g/mol. The molecular weight excluding hydrogens is 382 g/mol. The lowest BCUT2D eigenvalue weighted by molar-refractivity contribution is 0.0873. The molecular formula is C13H17BrClNO4S. The molecule has 1 unspecified atom stereocenters. The fraction of sp³-hybridized carbons (Fsp3) is 0.615. The van der Waals surface area contributed by atoms with Crippen LogP contribution in [0.1, 0.15) is 50.1 Å². The van der Waals surface area contributed by atoms with E-state index in [1.807, 2.05) is 0 Å². The predicted octanol–water partition coefficient (Wildman–Crippen LogP) is 3.67. The largest absolute Gasteiger partial charge is 0.443 e. The van der Waals surface area contributed by atoms with Crippen LogP contribution >= 0.6 is 26.6 Å². The van der Waals surface area contributed by atoms with Crippen molar-refractivity contribution in [2.24, 2.45) is 5.41 Å². The summed E-state index contributed by atoms with van der Waals surface area (Å²) in [5, 5.41) is 2.89. The Morgan fingerprint density at radius 1 is 1.52 bits per heavy atom. The zero-order valence-electron chi connectivity index (χ0n) is 11.8. The van der Waals surface area contributed by atoms with Crippen LogP contribution in [0.4, 0.5) is 0 Å². The highest BCUT2D eigenvalue weighted by molar-refractivity contribution is 9.10. The fourth-order valence-electron chi connectivity index (χ4n) is 2.71. The minimum absolute atomic E-state index is 0.0633. The van der Waals surface area contributed by atoms with Crippen LogP contribution in [0, 0.1) is 5.41 Å². The van der Waals surface area contributed by atoms with Crippen LogP contribution in [-0.2, 0) is 9.05 Å². The SMILES string of the molecule is CC1(C)CCCC(NC(=O)c2cc(S(=O)(=O)Cl)c(Br)o2)C1. The Labute approximate surface area is 137 Å². The molecule has 0 radical (unpaired) electrons. The van der Waals surface area contributed by atoms with E-state index in [1.165, 1.54) is 0 Å². The standard InChI is InChI=1S/C13H17BrClNO4S/c1-13(2)5-3-4-8(7-13)16-12(17)9-6-10(11(14)20-9)21(15,18)19/h6,8H,3-5,7H2,1-2H3,(H,16,17). The van der Waals surface area contributed by atoms with Gasteiger partial charge in [-0.2, -0.15) is 0 Å². The minimum Gasteiger partial charge on any atom is -0.443 e. The van der Waals surface area contributed by atoms with E-state index in [9.17, 15) is 13.2 Å². The Hall–Kier alpha value is -0.530. The van der Waals surface area contributed by atoms with Gasteiger partial charge in [0.05, 0.1) is 0 Å². The molecule has 1 atom stereocenters. The van der Waals surface area contributed by atoms with Crippen molar-refractivity contribution in [1.29, 1.82) is 0 Å². The minimum atomic E-state index is -3.95.